The lowest BCUT2D eigenvalue weighted by molar-refractivity contribution is -0.126. The number of nitrogens with zero attached hydrogens (tertiary/aromatic N) is 2. The summed E-state index contributed by atoms with van der Waals surface area (Å²) in [7, 11) is 0. The van der Waals surface area contributed by atoms with Crippen LogP contribution in [-0.2, 0) is 11.3 Å². The standard InChI is InChI=1S/C18H18FN3O4S/c19-13-5-3-11(4-6-13)17(24)22-7-1-2-12(9-22)16(23)20-8-15-21-14(10-27-15)18(25)26/h3-6,10,12H,1-2,7-9H2,(H,20,23)(H,25,26). The number of likely N-dealkylation sites (tertiary alicyclic amines) is 1. The minimum absolute atomic E-state index is 0.0435. The summed E-state index contributed by atoms with van der Waals surface area (Å²) in [5.74, 6) is -2.28. The van der Waals surface area contributed by atoms with Crippen LogP contribution in [0.5, 0.6) is 0 Å². The first kappa shape index (κ1) is 19.0. The molecule has 2 amide bonds. The van der Waals surface area contributed by atoms with E-state index >= 15 is 0 Å². The van der Waals surface area contributed by atoms with Crippen LogP contribution in [0.15, 0.2) is 29.6 Å². The number of aromatic carboxylic acids is 1. The number of aromatic nitrogens is 1. The molecule has 2 aromatic rings. The minimum Gasteiger partial charge on any atom is -0.476 e. The van der Waals surface area contributed by atoms with Gasteiger partial charge in [0.2, 0.25) is 5.91 Å². The van der Waals surface area contributed by atoms with E-state index in [4.69, 9.17) is 5.11 Å². The number of carboxylic acids is 1. The Bertz CT molecular complexity index is 853. The third-order valence-electron chi connectivity index (χ3n) is 4.36. The number of thiazole rings is 1. The summed E-state index contributed by atoms with van der Waals surface area (Å²) in [5.41, 5.74) is 0.347. The third-order valence-corrected chi connectivity index (χ3v) is 5.20. The first-order chi connectivity index (χ1) is 12.9. The van der Waals surface area contributed by atoms with Gasteiger partial charge in [-0.25, -0.2) is 14.2 Å². The molecule has 0 aliphatic carbocycles. The van der Waals surface area contributed by atoms with E-state index in [-0.39, 0.29) is 30.0 Å². The van der Waals surface area contributed by atoms with Crippen molar-refractivity contribution in [2.24, 2.45) is 5.92 Å². The first-order valence-corrected chi connectivity index (χ1v) is 9.32. The van der Waals surface area contributed by atoms with Gasteiger partial charge in [-0.15, -0.1) is 11.3 Å². The van der Waals surface area contributed by atoms with Crippen LogP contribution in [0.1, 0.15) is 38.7 Å². The van der Waals surface area contributed by atoms with Crippen LogP contribution in [-0.4, -0.2) is 45.9 Å². The molecule has 2 heterocycles. The van der Waals surface area contributed by atoms with Gasteiger partial charge in [0.1, 0.15) is 10.8 Å². The summed E-state index contributed by atoms with van der Waals surface area (Å²) < 4.78 is 13.0. The van der Waals surface area contributed by atoms with E-state index in [2.05, 4.69) is 10.3 Å². The Balaban J connectivity index is 1.56. The quantitative estimate of drug-likeness (QED) is 0.814. The minimum atomic E-state index is -1.11. The highest BCUT2D eigenvalue weighted by atomic mass is 32.1. The van der Waals surface area contributed by atoms with Gasteiger partial charge >= 0.3 is 5.97 Å². The van der Waals surface area contributed by atoms with Crippen LogP contribution < -0.4 is 5.32 Å². The summed E-state index contributed by atoms with van der Waals surface area (Å²) in [6, 6.07) is 5.34. The fourth-order valence-corrected chi connectivity index (χ4v) is 3.66. The van der Waals surface area contributed by atoms with Gasteiger partial charge in [0.15, 0.2) is 5.69 Å². The Kier molecular flexibility index (Phi) is 5.80. The number of halogens is 1. The Labute approximate surface area is 158 Å². The van der Waals surface area contributed by atoms with E-state index in [0.29, 0.717) is 36.5 Å². The zero-order valence-electron chi connectivity index (χ0n) is 14.4. The molecule has 1 fully saturated rings. The van der Waals surface area contributed by atoms with Crippen molar-refractivity contribution in [1.82, 2.24) is 15.2 Å². The molecule has 0 radical (unpaired) electrons. The van der Waals surface area contributed by atoms with Crippen LogP contribution in [0.3, 0.4) is 0 Å². The average molecular weight is 391 g/mol. The van der Waals surface area contributed by atoms with Crippen molar-refractivity contribution >= 4 is 29.1 Å². The first-order valence-electron chi connectivity index (χ1n) is 8.44. The molecular weight excluding hydrogens is 373 g/mol. The van der Waals surface area contributed by atoms with E-state index in [0.717, 1.165) is 0 Å². The van der Waals surface area contributed by atoms with Crippen molar-refractivity contribution in [3.05, 3.63) is 51.7 Å². The molecular formula is C18H18FN3O4S. The largest absolute Gasteiger partial charge is 0.476 e. The summed E-state index contributed by atoms with van der Waals surface area (Å²) in [4.78, 5) is 41.3. The number of piperidine rings is 1. The van der Waals surface area contributed by atoms with Crippen molar-refractivity contribution in [1.29, 1.82) is 0 Å². The molecule has 9 heteroatoms. The van der Waals surface area contributed by atoms with Gasteiger partial charge in [-0.1, -0.05) is 0 Å². The van der Waals surface area contributed by atoms with E-state index in [1.807, 2.05) is 0 Å². The monoisotopic (exact) mass is 391 g/mol. The maximum atomic E-state index is 13.0. The van der Waals surface area contributed by atoms with E-state index in [1.54, 1.807) is 4.90 Å². The Morgan fingerprint density at radius 2 is 2.04 bits per heavy atom. The average Bonchev–Trinajstić information content (AvgIpc) is 3.16. The molecule has 0 spiro atoms. The lowest BCUT2D eigenvalue weighted by Crippen LogP contribution is -2.45. The molecule has 1 aromatic carbocycles. The Morgan fingerprint density at radius 3 is 2.70 bits per heavy atom. The normalized spacial score (nSPS) is 16.8. The highest BCUT2D eigenvalue weighted by molar-refractivity contribution is 7.09. The Hall–Kier alpha value is -2.81. The van der Waals surface area contributed by atoms with Gasteiger partial charge in [-0.2, -0.15) is 0 Å². The predicted octanol–water partition coefficient (Wildman–Crippen LogP) is 2.15. The number of carbonyl (C=O) groups excluding carboxylic acids is 2. The predicted molar refractivity (Wildman–Crippen MR) is 95.9 cm³/mol. The van der Waals surface area contributed by atoms with Gasteiger partial charge in [-0.3, -0.25) is 9.59 Å². The second-order valence-electron chi connectivity index (χ2n) is 6.25. The van der Waals surface area contributed by atoms with Crippen LogP contribution >= 0.6 is 11.3 Å². The molecule has 0 bridgehead atoms. The topological polar surface area (TPSA) is 99.6 Å². The number of hydrogen-bond acceptors (Lipinski definition) is 5. The van der Waals surface area contributed by atoms with Gasteiger partial charge in [-0.05, 0) is 37.1 Å². The number of benzene rings is 1. The zero-order valence-corrected chi connectivity index (χ0v) is 15.2. The van der Waals surface area contributed by atoms with E-state index in [9.17, 15) is 18.8 Å². The number of carboxylic acid groups (broad SMARTS) is 1. The van der Waals surface area contributed by atoms with Crippen molar-refractivity contribution in [3.8, 4) is 0 Å². The maximum absolute atomic E-state index is 13.0. The summed E-state index contributed by atoms with van der Waals surface area (Å²) in [5, 5.41) is 13.6. The lowest BCUT2D eigenvalue weighted by atomic mass is 9.96. The van der Waals surface area contributed by atoms with Crippen molar-refractivity contribution < 1.29 is 23.9 Å². The van der Waals surface area contributed by atoms with Gasteiger partial charge in [0.25, 0.3) is 5.91 Å². The number of rotatable bonds is 5. The lowest BCUT2D eigenvalue weighted by Gasteiger charge is -2.32. The van der Waals surface area contributed by atoms with E-state index in [1.165, 1.54) is 41.0 Å². The van der Waals surface area contributed by atoms with Crippen LogP contribution in [0.2, 0.25) is 0 Å². The number of hydrogen-bond donors (Lipinski definition) is 2. The van der Waals surface area contributed by atoms with Gasteiger partial charge < -0.3 is 15.3 Å². The highest BCUT2D eigenvalue weighted by Gasteiger charge is 2.29. The van der Waals surface area contributed by atoms with Gasteiger partial charge in [0, 0.05) is 24.0 Å². The summed E-state index contributed by atoms with van der Waals surface area (Å²) >= 11 is 1.17. The molecule has 7 nitrogen and oxygen atoms in total. The molecule has 2 N–H and O–H groups in total. The Morgan fingerprint density at radius 1 is 1.30 bits per heavy atom. The zero-order chi connectivity index (χ0) is 19.4. The molecule has 1 atom stereocenters. The number of amides is 2. The van der Waals surface area contributed by atoms with Gasteiger partial charge in [0.05, 0.1) is 12.5 Å². The van der Waals surface area contributed by atoms with Crippen LogP contribution in [0, 0.1) is 11.7 Å². The second kappa shape index (κ2) is 8.26. The van der Waals surface area contributed by atoms with Crippen molar-refractivity contribution in [2.75, 3.05) is 13.1 Å². The van der Waals surface area contributed by atoms with E-state index < -0.39 is 11.8 Å². The molecule has 0 saturated carbocycles. The SMILES string of the molecule is O=C(O)c1csc(CNC(=O)C2CCCN(C(=O)c3ccc(F)cc3)C2)n1. The van der Waals surface area contributed by atoms with Crippen molar-refractivity contribution in [2.45, 2.75) is 19.4 Å². The summed E-state index contributed by atoms with van der Waals surface area (Å²) in [6.07, 6.45) is 1.36. The third kappa shape index (κ3) is 4.68. The molecule has 1 unspecified atom stereocenters. The second-order valence-corrected chi connectivity index (χ2v) is 7.19. The smallest absolute Gasteiger partial charge is 0.355 e. The van der Waals surface area contributed by atoms with Crippen LogP contribution in [0.4, 0.5) is 4.39 Å². The highest BCUT2D eigenvalue weighted by Crippen LogP contribution is 2.19. The molecule has 3 rings (SSSR count). The summed E-state index contributed by atoms with van der Waals surface area (Å²) in [6.45, 7) is 0.994. The number of carbonyl (C=O) groups is 3. The fraction of sp³-hybridized carbons (Fsp3) is 0.333. The molecule has 1 aromatic heterocycles. The molecule has 1 aliphatic heterocycles. The maximum Gasteiger partial charge on any atom is 0.355 e. The van der Waals surface area contributed by atoms with Crippen molar-refractivity contribution in [3.63, 3.8) is 0 Å². The number of nitrogens with one attached hydrogen (secondary N) is 1. The molecule has 1 aliphatic rings. The fourth-order valence-electron chi connectivity index (χ4n) is 2.95. The molecule has 27 heavy (non-hydrogen) atoms. The van der Waals surface area contributed by atoms with Crippen LogP contribution in [0.25, 0.3) is 0 Å². The molecule has 1 saturated heterocycles. The molecule has 142 valence electrons.